The lowest BCUT2D eigenvalue weighted by molar-refractivity contribution is 0.378. The van der Waals surface area contributed by atoms with E-state index in [9.17, 15) is 5.26 Å². The summed E-state index contributed by atoms with van der Waals surface area (Å²) in [4.78, 5) is 17.8. The number of nitriles is 1. The third-order valence-corrected chi connectivity index (χ3v) is 6.21. The Morgan fingerprint density at radius 2 is 1.69 bits per heavy atom. The molecule has 0 fully saturated rings. The molecule has 0 aliphatic heterocycles. The standard InChI is InChI=1S/C24H21N5/c1-15-11-17(22-13-26-18-7-3-4-8-19(18)27-22)24(14-25,12-16(15)2)23-28-20-9-5-6-10-21(20)29-23/h3-10,13,17H,11-12H2,1-2H3,(H,28,29). The number of hydrogen-bond donors (Lipinski definition) is 1. The van der Waals surface area contributed by atoms with E-state index in [0.29, 0.717) is 12.2 Å². The van der Waals surface area contributed by atoms with Crippen LogP contribution in [0.3, 0.4) is 0 Å². The molecular weight excluding hydrogens is 358 g/mol. The van der Waals surface area contributed by atoms with Crippen molar-refractivity contribution in [3.63, 3.8) is 0 Å². The number of nitrogens with zero attached hydrogens (tertiary/aromatic N) is 4. The first-order chi connectivity index (χ1) is 14.1. The van der Waals surface area contributed by atoms with Crippen molar-refractivity contribution in [1.29, 1.82) is 5.26 Å². The first-order valence-electron chi connectivity index (χ1n) is 9.84. The lowest BCUT2D eigenvalue weighted by atomic mass is 9.64. The van der Waals surface area contributed by atoms with E-state index in [1.165, 1.54) is 11.1 Å². The van der Waals surface area contributed by atoms with Gasteiger partial charge in [-0.25, -0.2) is 9.97 Å². The van der Waals surface area contributed by atoms with Gasteiger partial charge in [-0.1, -0.05) is 35.4 Å². The van der Waals surface area contributed by atoms with Crippen LogP contribution >= 0.6 is 0 Å². The molecule has 2 aromatic heterocycles. The fourth-order valence-corrected chi connectivity index (χ4v) is 4.43. The van der Waals surface area contributed by atoms with E-state index < -0.39 is 5.41 Å². The Hall–Kier alpha value is -3.52. The Labute approximate surface area is 169 Å². The minimum Gasteiger partial charge on any atom is -0.341 e. The highest BCUT2D eigenvalue weighted by Gasteiger charge is 2.48. The second-order valence-electron chi connectivity index (χ2n) is 7.96. The molecule has 2 heterocycles. The molecule has 2 unspecified atom stereocenters. The number of para-hydroxylation sites is 4. The van der Waals surface area contributed by atoms with Crippen LogP contribution in [0.15, 0.2) is 65.9 Å². The molecule has 4 aromatic rings. The number of benzene rings is 2. The molecule has 142 valence electrons. The van der Waals surface area contributed by atoms with Crippen molar-refractivity contribution in [2.45, 2.75) is 38.0 Å². The smallest absolute Gasteiger partial charge is 0.128 e. The number of H-pyrrole nitrogens is 1. The first-order valence-corrected chi connectivity index (χ1v) is 9.84. The van der Waals surface area contributed by atoms with Crippen LogP contribution < -0.4 is 0 Å². The SMILES string of the molecule is CC1=C(C)CC(C#N)(c2nc3ccccc3[nH]2)C(c2cnc3ccccc3n2)C1. The zero-order valence-corrected chi connectivity index (χ0v) is 16.5. The third kappa shape index (κ3) is 2.72. The van der Waals surface area contributed by atoms with Gasteiger partial charge in [-0.15, -0.1) is 0 Å². The van der Waals surface area contributed by atoms with E-state index in [0.717, 1.165) is 34.2 Å². The minimum atomic E-state index is -0.806. The summed E-state index contributed by atoms with van der Waals surface area (Å²) < 4.78 is 0. The summed E-state index contributed by atoms with van der Waals surface area (Å²) in [6.07, 6.45) is 3.23. The summed E-state index contributed by atoms with van der Waals surface area (Å²) in [6, 6.07) is 18.4. The quantitative estimate of drug-likeness (QED) is 0.487. The zero-order valence-electron chi connectivity index (χ0n) is 16.5. The van der Waals surface area contributed by atoms with Gasteiger partial charge in [0.25, 0.3) is 0 Å². The van der Waals surface area contributed by atoms with Gasteiger partial charge in [0.1, 0.15) is 11.2 Å². The topological polar surface area (TPSA) is 78.2 Å². The van der Waals surface area contributed by atoms with Gasteiger partial charge in [-0.3, -0.25) is 4.98 Å². The number of rotatable bonds is 2. The first kappa shape index (κ1) is 17.6. The predicted octanol–water partition coefficient (Wildman–Crippen LogP) is 5.18. The lowest BCUT2D eigenvalue weighted by Crippen LogP contribution is -2.37. The molecule has 0 bridgehead atoms. The fraction of sp³-hybridized carbons (Fsp3) is 0.250. The van der Waals surface area contributed by atoms with Crippen molar-refractivity contribution < 1.29 is 0 Å². The number of hydrogen-bond acceptors (Lipinski definition) is 4. The van der Waals surface area contributed by atoms with Crippen molar-refractivity contribution in [2.75, 3.05) is 0 Å². The highest BCUT2D eigenvalue weighted by atomic mass is 15.0. The molecule has 0 saturated heterocycles. The van der Waals surface area contributed by atoms with Gasteiger partial charge in [0, 0.05) is 12.1 Å². The maximum Gasteiger partial charge on any atom is 0.128 e. The normalized spacial score (nSPS) is 22.2. The predicted molar refractivity (Wildman–Crippen MR) is 113 cm³/mol. The number of aromatic amines is 1. The molecule has 5 nitrogen and oxygen atoms in total. The largest absolute Gasteiger partial charge is 0.341 e. The number of fused-ring (bicyclic) bond motifs is 2. The van der Waals surface area contributed by atoms with Gasteiger partial charge in [-0.2, -0.15) is 5.26 Å². The van der Waals surface area contributed by atoms with Crippen molar-refractivity contribution in [2.24, 2.45) is 0 Å². The zero-order chi connectivity index (χ0) is 20.0. The molecule has 1 aliphatic rings. The Morgan fingerprint density at radius 1 is 0.966 bits per heavy atom. The molecule has 5 heteroatoms. The van der Waals surface area contributed by atoms with E-state index in [-0.39, 0.29) is 5.92 Å². The molecule has 0 radical (unpaired) electrons. The van der Waals surface area contributed by atoms with Crippen molar-refractivity contribution in [3.05, 3.63) is 77.4 Å². The van der Waals surface area contributed by atoms with E-state index >= 15 is 0 Å². The van der Waals surface area contributed by atoms with E-state index in [4.69, 9.17) is 9.97 Å². The summed E-state index contributed by atoms with van der Waals surface area (Å²) in [5, 5.41) is 10.5. The van der Waals surface area contributed by atoms with Gasteiger partial charge in [-0.05, 0) is 51.0 Å². The summed E-state index contributed by atoms with van der Waals surface area (Å²) >= 11 is 0. The van der Waals surface area contributed by atoms with Crippen LogP contribution in [0, 0.1) is 11.3 Å². The Morgan fingerprint density at radius 3 is 2.45 bits per heavy atom. The maximum absolute atomic E-state index is 10.5. The monoisotopic (exact) mass is 379 g/mol. The fourth-order valence-electron chi connectivity index (χ4n) is 4.43. The summed E-state index contributed by atoms with van der Waals surface area (Å²) in [5.74, 6) is 0.599. The Balaban J connectivity index is 1.72. The van der Waals surface area contributed by atoms with Crippen LogP contribution in [-0.4, -0.2) is 19.9 Å². The second kappa shape index (κ2) is 6.52. The maximum atomic E-state index is 10.5. The Bertz CT molecular complexity index is 1280. The van der Waals surface area contributed by atoms with Gasteiger partial charge in [0.05, 0.1) is 33.8 Å². The molecular formula is C24H21N5. The molecule has 1 aliphatic carbocycles. The van der Waals surface area contributed by atoms with Crippen LogP contribution in [0.25, 0.3) is 22.1 Å². The molecule has 1 N–H and O–H groups in total. The van der Waals surface area contributed by atoms with E-state index in [2.05, 4.69) is 29.9 Å². The summed E-state index contributed by atoms with van der Waals surface area (Å²) in [5.41, 5.74) is 6.14. The average Bonchev–Trinajstić information content (AvgIpc) is 3.20. The van der Waals surface area contributed by atoms with Crippen molar-refractivity contribution >= 4 is 22.1 Å². The van der Waals surface area contributed by atoms with Crippen molar-refractivity contribution in [3.8, 4) is 6.07 Å². The van der Waals surface area contributed by atoms with E-state index in [1.54, 1.807) is 0 Å². The van der Waals surface area contributed by atoms with Crippen LogP contribution in [0.4, 0.5) is 0 Å². The van der Waals surface area contributed by atoms with Gasteiger partial charge in [0.15, 0.2) is 0 Å². The number of nitrogens with one attached hydrogen (secondary N) is 1. The molecule has 29 heavy (non-hydrogen) atoms. The second-order valence-corrected chi connectivity index (χ2v) is 7.96. The highest BCUT2D eigenvalue weighted by Crippen LogP contribution is 2.49. The summed E-state index contributed by atoms with van der Waals surface area (Å²) in [6.45, 7) is 4.27. The third-order valence-electron chi connectivity index (χ3n) is 6.21. The van der Waals surface area contributed by atoms with Gasteiger partial charge in [0.2, 0.25) is 0 Å². The average molecular weight is 379 g/mol. The number of imidazole rings is 1. The van der Waals surface area contributed by atoms with Crippen LogP contribution in [-0.2, 0) is 5.41 Å². The van der Waals surface area contributed by atoms with Crippen LogP contribution in [0.1, 0.15) is 44.1 Å². The van der Waals surface area contributed by atoms with Gasteiger partial charge >= 0.3 is 0 Å². The minimum absolute atomic E-state index is 0.117. The molecule has 2 aromatic carbocycles. The van der Waals surface area contributed by atoms with Crippen molar-refractivity contribution in [1.82, 2.24) is 19.9 Å². The lowest BCUT2D eigenvalue weighted by Gasteiger charge is -2.38. The van der Waals surface area contributed by atoms with E-state index in [1.807, 2.05) is 54.7 Å². The molecule has 0 amide bonds. The van der Waals surface area contributed by atoms with Crippen LogP contribution in [0.5, 0.6) is 0 Å². The molecule has 0 saturated carbocycles. The molecule has 5 rings (SSSR count). The highest BCUT2D eigenvalue weighted by molar-refractivity contribution is 5.76. The Kier molecular flexibility index (Phi) is 3.95. The number of allylic oxidation sites excluding steroid dienone is 2. The summed E-state index contributed by atoms with van der Waals surface area (Å²) in [7, 11) is 0. The van der Waals surface area contributed by atoms with Crippen LogP contribution in [0.2, 0.25) is 0 Å². The number of aromatic nitrogens is 4. The molecule has 0 spiro atoms. The van der Waals surface area contributed by atoms with Gasteiger partial charge < -0.3 is 4.98 Å². The molecule has 2 atom stereocenters.